The maximum atomic E-state index is 11.1. The van der Waals surface area contributed by atoms with E-state index in [1.165, 1.54) is 0 Å². The maximum Gasteiger partial charge on any atom is 0.312 e. The van der Waals surface area contributed by atoms with Gasteiger partial charge in [0.25, 0.3) is 0 Å². The number of carbonyl (C=O) groups is 1. The largest absolute Gasteiger partial charge is 0.466 e. The predicted molar refractivity (Wildman–Crippen MR) is 41.9 cm³/mol. The Balaban J connectivity index is 2.38. The summed E-state index contributed by atoms with van der Waals surface area (Å²) in [6.07, 6.45) is 4.36. The molecule has 2 unspecified atom stereocenters. The Labute approximate surface area is 66.2 Å². The van der Waals surface area contributed by atoms with Crippen LogP contribution in [-0.4, -0.2) is 18.6 Å². The second kappa shape index (κ2) is 3.53. The zero-order valence-electron chi connectivity index (χ0n) is 6.62. The molecule has 0 aromatic heterocycles. The second-order valence-electron chi connectivity index (χ2n) is 2.64. The molecule has 0 aromatic carbocycles. The summed E-state index contributed by atoms with van der Waals surface area (Å²) in [5.74, 6) is -0.262. The zero-order valence-corrected chi connectivity index (χ0v) is 6.62. The van der Waals surface area contributed by atoms with Gasteiger partial charge in [0, 0.05) is 6.04 Å². The van der Waals surface area contributed by atoms with E-state index in [9.17, 15) is 4.79 Å². The molecule has 2 atom stereocenters. The molecule has 0 radical (unpaired) electrons. The Hall–Kier alpha value is -0.830. The number of carbonyl (C=O) groups excluding carboxylic acids is 1. The van der Waals surface area contributed by atoms with Crippen LogP contribution in [0.1, 0.15) is 13.3 Å². The Morgan fingerprint density at radius 2 is 2.45 bits per heavy atom. The lowest BCUT2D eigenvalue weighted by molar-refractivity contribution is -0.146. The first-order valence-electron chi connectivity index (χ1n) is 3.84. The number of ether oxygens (including phenoxy) is 1. The molecule has 3 nitrogen and oxygen atoms in total. The minimum absolute atomic E-state index is 0.0319. The van der Waals surface area contributed by atoms with Crippen LogP contribution in [0, 0.1) is 5.92 Å². The highest BCUT2D eigenvalue weighted by atomic mass is 16.5. The molecule has 0 heterocycles. The molecule has 0 saturated carbocycles. The van der Waals surface area contributed by atoms with E-state index in [0.29, 0.717) is 13.0 Å². The average Bonchev–Trinajstić information content (AvgIpc) is 2.36. The zero-order chi connectivity index (χ0) is 8.27. The minimum atomic E-state index is -0.156. The summed E-state index contributed by atoms with van der Waals surface area (Å²) in [5, 5.41) is 0. The summed E-state index contributed by atoms with van der Waals surface area (Å²) >= 11 is 0. The van der Waals surface area contributed by atoms with E-state index in [0.717, 1.165) is 0 Å². The van der Waals surface area contributed by atoms with Gasteiger partial charge in [-0.15, -0.1) is 0 Å². The lowest BCUT2D eigenvalue weighted by atomic mass is 10.1. The Kier molecular flexibility index (Phi) is 2.65. The normalized spacial score (nSPS) is 28.9. The van der Waals surface area contributed by atoms with Crippen molar-refractivity contribution in [3.05, 3.63) is 12.2 Å². The van der Waals surface area contributed by atoms with Crippen LogP contribution in [0.3, 0.4) is 0 Å². The number of esters is 1. The smallest absolute Gasteiger partial charge is 0.312 e. The van der Waals surface area contributed by atoms with Gasteiger partial charge in [-0.05, 0) is 13.3 Å². The van der Waals surface area contributed by atoms with Gasteiger partial charge in [-0.3, -0.25) is 4.79 Å². The molecule has 1 aliphatic carbocycles. The first-order chi connectivity index (χ1) is 5.24. The van der Waals surface area contributed by atoms with Crippen molar-refractivity contribution in [1.82, 2.24) is 0 Å². The van der Waals surface area contributed by atoms with Gasteiger partial charge in [0.2, 0.25) is 0 Å². The molecular weight excluding hydrogens is 142 g/mol. The Bertz CT molecular complexity index is 177. The molecule has 0 spiro atoms. The quantitative estimate of drug-likeness (QED) is 0.465. The fraction of sp³-hybridized carbons (Fsp3) is 0.625. The van der Waals surface area contributed by atoms with E-state index in [-0.39, 0.29) is 17.9 Å². The van der Waals surface area contributed by atoms with E-state index in [1.54, 1.807) is 6.92 Å². The number of rotatable bonds is 2. The predicted octanol–water partition coefficient (Wildman–Crippen LogP) is 0.453. The fourth-order valence-electron chi connectivity index (χ4n) is 1.15. The first kappa shape index (κ1) is 8.27. The molecule has 2 N–H and O–H groups in total. The molecule has 62 valence electrons. The summed E-state index contributed by atoms with van der Waals surface area (Å²) in [6, 6.07) is 0.0319. The van der Waals surface area contributed by atoms with Crippen LogP contribution in [0.5, 0.6) is 0 Å². The van der Waals surface area contributed by atoms with E-state index in [4.69, 9.17) is 10.5 Å². The Morgan fingerprint density at radius 3 is 2.91 bits per heavy atom. The van der Waals surface area contributed by atoms with Crippen molar-refractivity contribution in [2.45, 2.75) is 19.4 Å². The molecule has 0 amide bonds. The van der Waals surface area contributed by atoms with Crippen LogP contribution in [-0.2, 0) is 9.53 Å². The van der Waals surface area contributed by atoms with Gasteiger partial charge in [-0.2, -0.15) is 0 Å². The van der Waals surface area contributed by atoms with Gasteiger partial charge < -0.3 is 10.5 Å². The molecule has 0 aromatic rings. The van der Waals surface area contributed by atoms with E-state index in [1.807, 2.05) is 12.2 Å². The number of hydrogen-bond acceptors (Lipinski definition) is 3. The average molecular weight is 155 g/mol. The molecule has 1 aliphatic rings. The molecule has 11 heavy (non-hydrogen) atoms. The summed E-state index contributed by atoms with van der Waals surface area (Å²) in [7, 11) is 0. The lowest BCUT2D eigenvalue weighted by Crippen LogP contribution is -2.20. The van der Waals surface area contributed by atoms with Crippen molar-refractivity contribution in [1.29, 1.82) is 0 Å². The van der Waals surface area contributed by atoms with Crippen molar-refractivity contribution in [2.24, 2.45) is 11.7 Å². The van der Waals surface area contributed by atoms with Crippen molar-refractivity contribution < 1.29 is 9.53 Å². The molecule has 1 rings (SSSR count). The third-order valence-electron chi connectivity index (χ3n) is 1.71. The lowest BCUT2D eigenvalue weighted by Gasteiger charge is -2.07. The highest BCUT2D eigenvalue weighted by molar-refractivity contribution is 5.75. The standard InChI is InChI=1S/C8H13NO2/c1-2-11-8(10)6-3-4-7(9)5-6/h3-4,6-7H,2,5,9H2,1H3. The van der Waals surface area contributed by atoms with Crippen LogP contribution >= 0.6 is 0 Å². The molecular formula is C8H13NO2. The topological polar surface area (TPSA) is 52.3 Å². The van der Waals surface area contributed by atoms with E-state index >= 15 is 0 Å². The van der Waals surface area contributed by atoms with Crippen LogP contribution in [0.25, 0.3) is 0 Å². The molecule has 0 saturated heterocycles. The summed E-state index contributed by atoms with van der Waals surface area (Å²) in [6.45, 7) is 2.24. The van der Waals surface area contributed by atoms with Gasteiger partial charge in [0.1, 0.15) is 0 Å². The van der Waals surface area contributed by atoms with Gasteiger partial charge >= 0.3 is 5.97 Å². The van der Waals surface area contributed by atoms with Crippen molar-refractivity contribution >= 4 is 5.97 Å². The highest BCUT2D eigenvalue weighted by Crippen LogP contribution is 2.17. The van der Waals surface area contributed by atoms with Crippen molar-refractivity contribution in [2.75, 3.05) is 6.61 Å². The van der Waals surface area contributed by atoms with Crippen LogP contribution < -0.4 is 5.73 Å². The number of nitrogens with two attached hydrogens (primary N) is 1. The molecule has 0 aliphatic heterocycles. The third-order valence-corrected chi connectivity index (χ3v) is 1.71. The molecule has 0 fully saturated rings. The molecule has 3 heteroatoms. The van der Waals surface area contributed by atoms with Gasteiger partial charge in [-0.1, -0.05) is 12.2 Å². The maximum absolute atomic E-state index is 11.1. The second-order valence-corrected chi connectivity index (χ2v) is 2.64. The van der Waals surface area contributed by atoms with Crippen LogP contribution in [0.4, 0.5) is 0 Å². The van der Waals surface area contributed by atoms with Gasteiger partial charge in [-0.25, -0.2) is 0 Å². The number of hydrogen-bond donors (Lipinski definition) is 1. The third kappa shape index (κ3) is 2.05. The van der Waals surface area contributed by atoms with Gasteiger partial charge in [0.15, 0.2) is 0 Å². The van der Waals surface area contributed by atoms with Crippen LogP contribution in [0.2, 0.25) is 0 Å². The summed E-state index contributed by atoms with van der Waals surface area (Å²) in [5.41, 5.74) is 5.56. The summed E-state index contributed by atoms with van der Waals surface area (Å²) in [4.78, 5) is 11.1. The van der Waals surface area contributed by atoms with E-state index < -0.39 is 0 Å². The monoisotopic (exact) mass is 155 g/mol. The van der Waals surface area contributed by atoms with Gasteiger partial charge in [0.05, 0.1) is 12.5 Å². The Morgan fingerprint density at radius 1 is 1.73 bits per heavy atom. The van der Waals surface area contributed by atoms with Crippen molar-refractivity contribution in [3.63, 3.8) is 0 Å². The first-order valence-corrected chi connectivity index (χ1v) is 3.84. The highest BCUT2D eigenvalue weighted by Gasteiger charge is 2.23. The van der Waals surface area contributed by atoms with E-state index in [2.05, 4.69) is 0 Å². The summed E-state index contributed by atoms with van der Waals surface area (Å²) < 4.78 is 4.83. The minimum Gasteiger partial charge on any atom is -0.466 e. The SMILES string of the molecule is CCOC(=O)C1C=CC(N)C1. The van der Waals surface area contributed by atoms with Crippen molar-refractivity contribution in [3.8, 4) is 0 Å². The van der Waals surface area contributed by atoms with Crippen LogP contribution in [0.15, 0.2) is 12.2 Å². The fourth-order valence-corrected chi connectivity index (χ4v) is 1.15. The molecule has 0 bridgehead atoms.